The minimum Gasteiger partial charge on any atom is -0.437 e. The van der Waals surface area contributed by atoms with E-state index in [1.165, 1.54) is 17.9 Å². The summed E-state index contributed by atoms with van der Waals surface area (Å²) >= 11 is 0. The molecule has 0 atom stereocenters. The van der Waals surface area contributed by atoms with Crippen LogP contribution >= 0.6 is 0 Å². The number of fused-ring (bicyclic) bond motifs is 1. The van der Waals surface area contributed by atoms with Gasteiger partial charge in [-0.1, -0.05) is 56.3 Å². The number of carbonyl (C=O) groups excluding carboxylic acids is 1. The number of hydrogen-bond acceptors (Lipinski definition) is 4. The van der Waals surface area contributed by atoms with Crippen LogP contribution in [0.15, 0.2) is 42.5 Å². The standard InChI is InChI=1S/C23H25NO3/c1-14(2)21-20(22(27-23(25)26-5)15(3)16(4)24-21)13-17-10-11-18-8-6-7-9-19(18)12-17/h6-12,14H,13H2,1-5H3. The Labute approximate surface area is 160 Å². The molecule has 0 bridgehead atoms. The zero-order valence-electron chi connectivity index (χ0n) is 16.5. The van der Waals surface area contributed by atoms with Crippen LogP contribution in [0, 0.1) is 13.8 Å². The van der Waals surface area contributed by atoms with Crippen molar-refractivity contribution in [3.63, 3.8) is 0 Å². The zero-order valence-corrected chi connectivity index (χ0v) is 16.5. The zero-order chi connectivity index (χ0) is 19.6. The number of carbonyl (C=O) groups is 1. The maximum absolute atomic E-state index is 11.8. The third-order valence-electron chi connectivity index (χ3n) is 4.85. The molecule has 140 valence electrons. The number of hydrogen-bond donors (Lipinski definition) is 0. The summed E-state index contributed by atoms with van der Waals surface area (Å²) in [6.07, 6.45) is -0.0723. The van der Waals surface area contributed by atoms with Crippen molar-refractivity contribution in [1.82, 2.24) is 4.98 Å². The van der Waals surface area contributed by atoms with E-state index < -0.39 is 6.16 Å². The van der Waals surface area contributed by atoms with Gasteiger partial charge in [-0.25, -0.2) is 4.79 Å². The highest BCUT2D eigenvalue weighted by Crippen LogP contribution is 2.34. The Hall–Kier alpha value is -2.88. The van der Waals surface area contributed by atoms with Gasteiger partial charge in [-0.3, -0.25) is 4.98 Å². The lowest BCUT2D eigenvalue weighted by Gasteiger charge is -2.20. The van der Waals surface area contributed by atoms with Crippen LogP contribution in [0.3, 0.4) is 0 Å². The van der Waals surface area contributed by atoms with E-state index in [2.05, 4.69) is 44.2 Å². The first kappa shape index (κ1) is 18.9. The van der Waals surface area contributed by atoms with E-state index in [-0.39, 0.29) is 5.92 Å². The van der Waals surface area contributed by atoms with Crippen LogP contribution in [0.5, 0.6) is 5.75 Å². The van der Waals surface area contributed by atoms with Gasteiger partial charge in [-0.05, 0) is 36.1 Å². The molecule has 0 unspecified atom stereocenters. The molecule has 1 aromatic heterocycles. The third kappa shape index (κ3) is 3.95. The van der Waals surface area contributed by atoms with Gasteiger partial charge in [-0.15, -0.1) is 0 Å². The number of pyridine rings is 1. The van der Waals surface area contributed by atoms with Crippen LogP contribution < -0.4 is 4.74 Å². The van der Waals surface area contributed by atoms with Gasteiger partial charge in [0.1, 0.15) is 5.75 Å². The lowest BCUT2D eigenvalue weighted by Crippen LogP contribution is -2.14. The Balaban J connectivity index is 2.12. The van der Waals surface area contributed by atoms with Crippen LogP contribution in [-0.4, -0.2) is 18.2 Å². The molecule has 0 saturated carbocycles. The second-order valence-electron chi connectivity index (χ2n) is 7.08. The van der Waals surface area contributed by atoms with Crippen LogP contribution in [0.2, 0.25) is 0 Å². The Morgan fingerprint density at radius 3 is 2.44 bits per heavy atom. The minimum absolute atomic E-state index is 0.208. The van der Waals surface area contributed by atoms with Crippen LogP contribution in [0.4, 0.5) is 4.79 Å². The fourth-order valence-electron chi connectivity index (χ4n) is 3.30. The Bertz CT molecular complexity index is 992. The van der Waals surface area contributed by atoms with Crippen molar-refractivity contribution in [2.45, 2.75) is 40.0 Å². The highest BCUT2D eigenvalue weighted by atomic mass is 16.7. The lowest BCUT2D eigenvalue weighted by molar-refractivity contribution is 0.120. The van der Waals surface area contributed by atoms with Gasteiger partial charge in [0.15, 0.2) is 0 Å². The number of aryl methyl sites for hydroxylation is 1. The first-order chi connectivity index (χ1) is 12.9. The molecule has 4 nitrogen and oxygen atoms in total. The number of aromatic nitrogens is 1. The minimum atomic E-state index is -0.710. The Kier molecular flexibility index (Phi) is 5.45. The molecule has 0 aliphatic heterocycles. The van der Waals surface area contributed by atoms with Crippen molar-refractivity contribution in [2.75, 3.05) is 7.11 Å². The molecule has 2 aromatic carbocycles. The van der Waals surface area contributed by atoms with Crippen LogP contribution in [0.1, 0.15) is 47.8 Å². The molecular weight excluding hydrogens is 338 g/mol. The molecule has 1 heterocycles. The number of nitrogens with zero attached hydrogens (tertiary/aromatic N) is 1. The highest BCUT2D eigenvalue weighted by Gasteiger charge is 2.21. The predicted octanol–water partition coefficient (Wildman–Crippen LogP) is 5.71. The van der Waals surface area contributed by atoms with E-state index in [0.29, 0.717) is 12.2 Å². The van der Waals surface area contributed by atoms with Crippen molar-refractivity contribution in [2.24, 2.45) is 0 Å². The molecule has 0 radical (unpaired) electrons. The normalized spacial score (nSPS) is 11.0. The molecule has 0 N–H and O–H groups in total. The molecule has 4 heteroatoms. The molecule has 3 aromatic rings. The second-order valence-corrected chi connectivity index (χ2v) is 7.08. The van der Waals surface area contributed by atoms with Gasteiger partial charge in [0.25, 0.3) is 0 Å². The Morgan fingerprint density at radius 1 is 1.07 bits per heavy atom. The van der Waals surface area contributed by atoms with Gasteiger partial charge >= 0.3 is 6.16 Å². The largest absolute Gasteiger partial charge is 0.513 e. The average molecular weight is 363 g/mol. The van der Waals surface area contributed by atoms with Crippen molar-refractivity contribution >= 4 is 16.9 Å². The molecule has 0 amide bonds. The smallest absolute Gasteiger partial charge is 0.437 e. The van der Waals surface area contributed by atoms with E-state index in [1.54, 1.807) is 0 Å². The molecule has 0 spiro atoms. The predicted molar refractivity (Wildman–Crippen MR) is 108 cm³/mol. The summed E-state index contributed by atoms with van der Waals surface area (Å²) in [7, 11) is 1.32. The van der Waals surface area contributed by atoms with Gasteiger partial charge in [-0.2, -0.15) is 0 Å². The molecule has 0 fully saturated rings. The quantitative estimate of drug-likeness (QED) is 0.557. The van der Waals surface area contributed by atoms with Crippen LogP contribution in [-0.2, 0) is 11.2 Å². The first-order valence-corrected chi connectivity index (χ1v) is 9.14. The summed E-state index contributed by atoms with van der Waals surface area (Å²) in [6, 6.07) is 14.7. The van der Waals surface area contributed by atoms with Crippen LogP contribution in [0.25, 0.3) is 10.8 Å². The molecule has 0 aliphatic carbocycles. The van der Waals surface area contributed by atoms with Crippen molar-refractivity contribution in [1.29, 1.82) is 0 Å². The third-order valence-corrected chi connectivity index (χ3v) is 4.85. The summed E-state index contributed by atoms with van der Waals surface area (Å²) in [5, 5.41) is 2.39. The number of methoxy groups -OCH3 is 1. The molecule has 3 rings (SSSR count). The van der Waals surface area contributed by atoms with E-state index in [1.807, 2.05) is 26.0 Å². The lowest BCUT2D eigenvalue weighted by atomic mass is 9.93. The molecule has 0 saturated heterocycles. The van der Waals surface area contributed by atoms with E-state index >= 15 is 0 Å². The second kappa shape index (κ2) is 7.78. The summed E-state index contributed by atoms with van der Waals surface area (Å²) in [4.78, 5) is 16.6. The molecule has 27 heavy (non-hydrogen) atoms. The summed E-state index contributed by atoms with van der Waals surface area (Å²) < 4.78 is 10.3. The molecule has 0 aliphatic rings. The SMILES string of the molecule is COC(=O)Oc1c(C)c(C)nc(C(C)C)c1Cc1ccc2ccccc2c1. The van der Waals surface area contributed by atoms with Gasteiger partial charge in [0.05, 0.1) is 12.8 Å². The Morgan fingerprint density at radius 2 is 1.78 bits per heavy atom. The van der Waals surface area contributed by atoms with E-state index in [4.69, 9.17) is 14.5 Å². The van der Waals surface area contributed by atoms with Crippen molar-refractivity contribution in [3.8, 4) is 5.75 Å². The number of ether oxygens (including phenoxy) is 2. The van der Waals surface area contributed by atoms with E-state index in [0.717, 1.165) is 28.1 Å². The monoisotopic (exact) mass is 363 g/mol. The average Bonchev–Trinajstić information content (AvgIpc) is 2.66. The van der Waals surface area contributed by atoms with Crippen molar-refractivity contribution in [3.05, 3.63) is 70.5 Å². The fraction of sp³-hybridized carbons (Fsp3) is 0.304. The summed E-state index contributed by atoms with van der Waals surface area (Å²) in [5.41, 5.74) is 4.76. The maximum Gasteiger partial charge on any atom is 0.513 e. The summed E-state index contributed by atoms with van der Waals surface area (Å²) in [5.74, 6) is 0.769. The first-order valence-electron chi connectivity index (χ1n) is 9.14. The fourth-order valence-corrected chi connectivity index (χ4v) is 3.30. The van der Waals surface area contributed by atoms with Gasteiger partial charge in [0, 0.05) is 23.2 Å². The topological polar surface area (TPSA) is 48.4 Å². The maximum atomic E-state index is 11.8. The summed E-state index contributed by atoms with van der Waals surface area (Å²) in [6.45, 7) is 8.06. The van der Waals surface area contributed by atoms with Gasteiger partial charge in [0.2, 0.25) is 0 Å². The van der Waals surface area contributed by atoms with Crippen molar-refractivity contribution < 1.29 is 14.3 Å². The van der Waals surface area contributed by atoms with Gasteiger partial charge < -0.3 is 9.47 Å². The van der Waals surface area contributed by atoms with E-state index in [9.17, 15) is 4.79 Å². The number of benzene rings is 2. The highest BCUT2D eigenvalue weighted by molar-refractivity contribution is 5.83. The molecular formula is C23H25NO3. The number of rotatable bonds is 4.